The minimum Gasteiger partial charge on any atom is -0.309 e. The van der Waals surface area contributed by atoms with E-state index in [-0.39, 0.29) is 11.2 Å². The highest BCUT2D eigenvalue weighted by Gasteiger charge is 2.22. The normalized spacial score (nSPS) is 11.5. The summed E-state index contributed by atoms with van der Waals surface area (Å²) in [5.41, 5.74) is 1.27. The van der Waals surface area contributed by atoms with Crippen molar-refractivity contribution in [1.82, 2.24) is 5.32 Å². The summed E-state index contributed by atoms with van der Waals surface area (Å²) in [5.74, 6) is 0.169. The van der Waals surface area contributed by atoms with E-state index in [2.05, 4.69) is 41.2 Å². The Balaban J connectivity index is 2.70. The van der Waals surface area contributed by atoms with Gasteiger partial charge in [-0.05, 0) is 18.6 Å². The molecule has 0 amide bonds. The maximum atomic E-state index is 10.9. The van der Waals surface area contributed by atoms with Crippen LogP contribution in [-0.2, 0) is 10.2 Å². The number of hydrogen-bond acceptors (Lipinski definition) is 2. The first-order chi connectivity index (χ1) is 7.43. The zero-order chi connectivity index (χ0) is 12.2. The predicted octanol–water partition coefficient (Wildman–Crippen LogP) is 2.91. The molecule has 0 saturated heterocycles. The first-order valence-electron chi connectivity index (χ1n) is 5.38. The second-order valence-electron chi connectivity index (χ2n) is 4.67. The van der Waals surface area contributed by atoms with Crippen LogP contribution < -0.4 is 5.32 Å². The molecule has 0 aromatic heterocycles. The first kappa shape index (κ1) is 13.4. The van der Waals surface area contributed by atoms with E-state index in [0.717, 1.165) is 11.0 Å². The standard InChI is InChI=1S/C13H18BrNO/c1-10(16)8-15-9-13(2,3)11-6-4-5-7-12(11)14/h4-7,15H,8-9H2,1-3H3. The van der Waals surface area contributed by atoms with Crippen molar-refractivity contribution in [1.29, 1.82) is 0 Å². The summed E-state index contributed by atoms with van der Waals surface area (Å²) >= 11 is 3.56. The molecular weight excluding hydrogens is 266 g/mol. The largest absolute Gasteiger partial charge is 0.309 e. The number of carbonyl (C=O) groups is 1. The van der Waals surface area contributed by atoms with Gasteiger partial charge in [0.2, 0.25) is 0 Å². The van der Waals surface area contributed by atoms with Crippen molar-refractivity contribution in [2.45, 2.75) is 26.2 Å². The Labute approximate surface area is 106 Å². The zero-order valence-electron chi connectivity index (χ0n) is 10.0. The van der Waals surface area contributed by atoms with Gasteiger partial charge in [0.05, 0.1) is 6.54 Å². The van der Waals surface area contributed by atoms with Gasteiger partial charge in [0.1, 0.15) is 5.78 Å². The van der Waals surface area contributed by atoms with Crippen molar-refractivity contribution >= 4 is 21.7 Å². The molecule has 0 aliphatic carbocycles. The summed E-state index contributed by atoms with van der Waals surface area (Å²) < 4.78 is 1.12. The minimum absolute atomic E-state index is 0.00947. The van der Waals surface area contributed by atoms with E-state index in [1.807, 2.05) is 18.2 Å². The lowest BCUT2D eigenvalue weighted by Gasteiger charge is -2.26. The van der Waals surface area contributed by atoms with Crippen LogP contribution in [0.5, 0.6) is 0 Å². The Bertz CT molecular complexity index is 374. The average molecular weight is 284 g/mol. The van der Waals surface area contributed by atoms with Crippen LogP contribution in [0.25, 0.3) is 0 Å². The van der Waals surface area contributed by atoms with E-state index >= 15 is 0 Å². The monoisotopic (exact) mass is 283 g/mol. The summed E-state index contributed by atoms with van der Waals surface area (Å²) in [7, 11) is 0. The fraction of sp³-hybridized carbons (Fsp3) is 0.462. The SMILES string of the molecule is CC(=O)CNCC(C)(C)c1ccccc1Br. The maximum Gasteiger partial charge on any atom is 0.143 e. The van der Waals surface area contributed by atoms with Crippen LogP contribution in [0.15, 0.2) is 28.7 Å². The molecule has 1 N–H and O–H groups in total. The number of carbonyl (C=O) groups excluding carboxylic acids is 1. The molecule has 0 atom stereocenters. The van der Waals surface area contributed by atoms with Crippen molar-refractivity contribution in [3.63, 3.8) is 0 Å². The summed E-state index contributed by atoms with van der Waals surface area (Å²) in [5, 5.41) is 3.18. The number of Topliss-reactive ketones (excluding diaryl/α,β-unsaturated/α-hetero) is 1. The molecule has 2 nitrogen and oxygen atoms in total. The third-order valence-corrected chi connectivity index (χ3v) is 3.24. The van der Waals surface area contributed by atoms with Crippen LogP contribution in [0.2, 0.25) is 0 Å². The molecule has 0 spiro atoms. The molecule has 0 heterocycles. The summed E-state index contributed by atoms with van der Waals surface area (Å²) in [6.45, 7) is 7.15. The number of benzene rings is 1. The van der Waals surface area contributed by atoms with Crippen molar-refractivity contribution in [3.8, 4) is 0 Å². The van der Waals surface area contributed by atoms with Crippen LogP contribution in [0, 0.1) is 0 Å². The van der Waals surface area contributed by atoms with E-state index in [4.69, 9.17) is 0 Å². The topological polar surface area (TPSA) is 29.1 Å². The quantitative estimate of drug-likeness (QED) is 0.900. The van der Waals surface area contributed by atoms with Gasteiger partial charge in [-0.3, -0.25) is 4.79 Å². The summed E-state index contributed by atoms with van der Waals surface area (Å²) in [6, 6.07) is 8.20. The van der Waals surface area contributed by atoms with Crippen LogP contribution in [0.4, 0.5) is 0 Å². The van der Waals surface area contributed by atoms with E-state index < -0.39 is 0 Å². The Morgan fingerprint density at radius 2 is 2.00 bits per heavy atom. The lowest BCUT2D eigenvalue weighted by molar-refractivity contribution is -0.116. The molecule has 1 aromatic rings. The van der Waals surface area contributed by atoms with E-state index in [1.165, 1.54) is 5.56 Å². The Kier molecular flexibility index (Phi) is 4.69. The van der Waals surface area contributed by atoms with Gasteiger partial charge in [0, 0.05) is 16.4 Å². The number of halogens is 1. The summed E-state index contributed by atoms with van der Waals surface area (Å²) in [6.07, 6.45) is 0. The minimum atomic E-state index is 0.00947. The second-order valence-corrected chi connectivity index (χ2v) is 5.52. The van der Waals surface area contributed by atoms with Gasteiger partial charge >= 0.3 is 0 Å². The Hall–Kier alpha value is -0.670. The van der Waals surface area contributed by atoms with E-state index in [1.54, 1.807) is 6.92 Å². The Morgan fingerprint density at radius 1 is 1.38 bits per heavy atom. The van der Waals surface area contributed by atoms with E-state index in [0.29, 0.717) is 6.54 Å². The molecular formula is C13H18BrNO. The van der Waals surface area contributed by atoms with Gasteiger partial charge in [-0.2, -0.15) is 0 Å². The molecule has 0 unspecified atom stereocenters. The molecule has 1 rings (SSSR count). The van der Waals surface area contributed by atoms with Gasteiger partial charge in [0.25, 0.3) is 0 Å². The maximum absolute atomic E-state index is 10.9. The first-order valence-corrected chi connectivity index (χ1v) is 6.18. The van der Waals surface area contributed by atoms with E-state index in [9.17, 15) is 4.79 Å². The van der Waals surface area contributed by atoms with Crippen molar-refractivity contribution < 1.29 is 4.79 Å². The highest BCUT2D eigenvalue weighted by atomic mass is 79.9. The van der Waals surface area contributed by atoms with Crippen molar-refractivity contribution in [2.75, 3.05) is 13.1 Å². The smallest absolute Gasteiger partial charge is 0.143 e. The van der Waals surface area contributed by atoms with Crippen molar-refractivity contribution in [2.24, 2.45) is 0 Å². The van der Waals surface area contributed by atoms with Gasteiger partial charge in [-0.15, -0.1) is 0 Å². The molecule has 0 aliphatic rings. The number of rotatable bonds is 5. The van der Waals surface area contributed by atoms with Crippen LogP contribution in [0.3, 0.4) is 0 Å². The van der Waals surface area contributed by atoms with Gasteiger partial charge in [-0.1, -0.05) is 48.0 Å². The highest BCUT2D eigenvalue weighted by molar-refractivity contribution is 9.10. The summed E-state index contributed by atoms with van der Waals surface area (Å²) in [4.78, 5) is 10.9. The molecule has 0 bridgehead atoms. The van der Waals surface area contributed by atoms with Gasteiger partial charge in [-0.25, -0.2) is 0 Å². The zero-order valence-corrected chi connectivity index (χ0v) is 11.6. The molecule has 0 saturated carbocycles. The number of hydrogen-bond donors (Lipinski definition) is 1. The van der Waals surface area contributed by atoms with Crippen LogP contribution in [-0.4, -0.2) is 18.9 Å². The molecule has 16 heavy (non-hydrogen) atoms. The predicted molar refractivity (Wildman–Crippen MR) is 70.7 cm³/mol. The number of ketones is 1. The molecule has 3 heteroatoms. The third-order valence-electron chi connectivity index (χ3n) is 2.54. The molecule has 0 aliphatic heterocycles. The van der Waals surface area contributed by atoms with Gasteiger partial charge in [0.15, 0.2) is 0 Å². The highest BCUT2D eigenvalue weighted by Crippen LogP contribution is 2.29. The molecule has 0 fully saturated rings. The number of nitrogens with one attached hydrogen (secondary N) is 1. The lowest BCUT2D eigenvalue weighted by atomic mass is 9.84. The fourth-order valence-corrected chi connectivity index (χ4v) is 2.48. The van der Waals surface area contributed by atoms with Crippen LogP contribution in [0.1, 0.15) is 26.3 Å². The third kappa shape index (κ3) is 3.72. The molecule has 0 radical (unpaired) electrons. The second kappa shape index (κ2) is 5.60. The molecule has 88 valence electrons. The Morgan fingerprint density at radius 3 is 2.56 bits per heavy atom. The van der Waals surface area contributed by atoms with Gasteiger partial charge < -0.3 is 5.32 Å². The average Bonchev–Trinajstić information content (AvgIpc) is 2.17. The fourth-order valence-electron chi connectivity index (χ4n) is 1.66. The van der Waals surface area contributed by atoms with Crippen molar-refractivity contribution in [3.05, 3.63) is 34.3 Å². The lowest BCUT2D eigenvalue weighted by Crippen LogP contribution is -2.35. The molecule has 1 aromatic carbocycles. The van der Waals surface area contributed by atoms with Crippen LogP contribution >= 0.6 is 15.9 Å².